The first-order valence-corrected chi connectivity index (χ1v) is 32.1. The molecule has 426 valence electrons. The van der Waals surface area contributed by atoms with Gasteiger partial charge in [-0.3, -0.25) is 0 Å². The van der Waals surface area contributed by atoms with E-state index in [1.807, 2.05) is 0 Å². The van der Waals surface area contributed by atoms with E-state index in [9.17, 15) is 0 Å². The predicted octanol–water partition coefficient (Wildman–Crippen LogP) is 20.4. The Morgan fingerprint density at radius 2 is 0.637 bits per heavy atom. The van der Waals surface area contributed by atoms with Crippen molar-refractivity contribution < 1.29 is 0 Å². The number of anilines is 6. The predicted molar refractivity (Wildman–Crippen MR) is 359 cm³/mol. The second kappa shape index (κ2) is 25.7. The molecule has 9 rings (SSSR count). The van der Waals surface area contributed by atoms with Gasteiger partial charge in [0.1, 0.15) is 0 Å². The standard InChI is InChI=1S/C27H34N2.C22H30ClN2P.C22H31N2P/c1-17-13-19(3)25(20(4)14-17)28-23(7)27(24-11-9-8-10-12-24)29-26-21(5)15-18(2)16-22(26)6;1-13-9-15(3)21(16(4)10-13)24-19(7)20(8)25(26(24)23)22-17(5)11-14(2)12-18(22)6;1-13-9-15(3)21(16(4)10-13)23-19(7)20(8)24(25-23)22-17(5)11-14(2)12-18(22)6/h8-16,23,27-29H,1-7H3;9-12,19-20H,1-8H3;9-12,19-20,25H,1-8H3/t23-,27?;19-,20?,26?;19-,20?/m111/s1. The van der Waals surface area contributed by atoms with Crippen LogP contribution in [0.4, 0.5) is 34.1 Å². The summed E-state index contributed by atoms with van der Waals surface area (Å²) in [7, 11) is -0.316. The first kappa shape index (κ1) is 62.1. The lowest BCUT2D eigenvalue weighted by atomic mass is 9.96. The van der Waals surface area contributed by atoms with Crippen LogP contribution in [-0.2, 0) is 0 Å². The van der Waals surface area contributed by atoms with E-state index in [0.29, 0.717) is 33.0 Å². The molecule has 2 aliphatic heterocycles. The van der Waals surface area contributed by atoms with E-state index in [1.54, 1.807) is 0 Å². The fourth-order valence-electron chi connectivity index (χ4n) is 13.2. The van der Waals surface area contributed by atoms with Gasteiger partial charge in [-0.15, -0.1) is 0 Å². The molecule has 0 aliphatic carbocycles. The lowest BCUT2D eigenvalue weighted by molar-refractivity contribution is 0.643. The van der Waals surface area contributed by atoms with E-state index in [1.165, 1.54) is 140 Å². The smallest absolute Gasteiger partial charge is 0.198 e. The Morgan fingerprint density at radius 1 is 0.375 bits per heavy atom. The summed E-state index contributed by atoms with van der Waals surface area (Å²) in [6, 6.07) is 40.2. The summed E-state index contributed by atoms with van der Waals surface area (Å²) < 4.78 is 10.2. The van der Waals surface area contributed by atoms with Crippen LogP contribution < -0.4 is 29.3 Å². The van der Waals surface area contributed by atoms with Crippen LogP contribution >= 0.6 is 27.7 Å². The van der Waals surface area contributed by atoms with Crippen molar-refractivity contribution in [3.8, 4) is 0 Å². The van der Waals surface area contributed by atoms with Crippen molar-refractivity contribution in [2.75, 3.05) is 29.3 Å². The number of nitrogens with zero attached hydrogens (tertiary/aromatic N) is 4. The Balaban J connectivity index is 0.000000174. The van der Waals surface area contributed by atoms with Gasteiger partial charge in [-0.25, -0.2) is 0 Å². The molecule has 2 saturated heterocycles. The molecule has 2 fully saturated rings. The van der Waals surface area contributed by atoms with Crippen LogP contribution in [-0.4, -0.2) is 30.2 Å². The lowest BCUT2D eigenvalue weighted by Gasteiger charge is -2.32. The average molecular weight is 1130 g/mol. The number of aryl methyl sites for hydroxylation is 18. The van der Waals surface area contributed by atoms with Gasteiger partial charge >= 0.3 is 0 Å². The van der Waals surface area contributed by atoms with Crippen molar-refractivity contribution in [2.45, 2.75) is 195 Å². The van der Waals surface area contributed by atoms with Gasteiger partial charge in [0.2, 0.25) is 0 Å². The molecule has 0 spiro atoms. The van der Waals surface area contributed by atoms with Crippen LogP contribution in [0.25, 0.3) is 0 Å². The monoisotopic (exact) mass is 1130 g/mol. The summed E-state index contributed by atoms with van der Waals surface area (Å²) in [5, 5.41) is 7.68. The SMILES string of the molecule is Cc1cc(C)c(N2C(C)[C@@H](C)N(c3c(C)cc(C)cc3C)P2Cl)c(C)c1.Cc1cc(C)c(N2PN(c3c(C)cc(C)cc3C)[C@H](C)C2C)c(C)c1.Cc1cc(C)c(NC(c2ccccc2)[C@@H](C)Nc2c(C)cc(C)cc2C)c(C)c1. The van der Waals surface area contributed by atoms with Gasteiger partial charge in [0.15, 0.2) is 7.58 Å². The molecule has 0 saturated carbocycles. The molecule has 0 radical (unpaired) electrons. The van der Waals surface area contributed by atoms with E-state index >= 15 is 0 Å². The molecule has 9 heteroatoms. The molecule has 7 aromatic rings. The molecule has 8 atom stereocenters. The molecule has 0 bridgehead atoms. The molecular formula is C71H95ClN6P2. The van der Waals surface area contributed by atoms with E-state index in [4.69, 9.17) is 11.2 Å². The van der Waals surface area contributed by atoms with Crippen molar-refractivity contribution in [3.63, 3.8) is 0 Å². The Hall–Kier alpha value is -5.51. The highest BCUT2D eigenvalue weighted by atomic mass is 35.7. The number of hydrogen-bond acceptors (Lipinski definition) is 6. The van der Waals surface area contributed by atoms with E-state index in [-0.39, 0.29) is 12.1 Å². The Bertz CT molecular complexity index is 3080. The van der Waals surface area contributed by atoms with Crippen LogP contribution in [0.2, 0.25) is 0 Å². The largest absolute Gasteiger partial charge is 0.380 e. The molecular weight excluding hydrogens is 1030 g/mol. The lowest BCUT2D eigenvalue weighted by Crippen LogP contribution is -2.33. The minimum absolute atomic E-state index is 0.149. The molecule has 0 amide bonds. The molecule has 2 aliphatic rings. The zero-order valence-electron chi connectivity index (χ0n) is 52.9. The fourth-order valence-corrected chi connectivity index (χ4v) is 18.6. The van der Waals surface area contributed by atoms with Gasteiger partial charge in [0.25, 0.3) is 0 Å². The second-order valence-electron chi connectivity index (χ2n) is 24.2. The van der Waals surface area contributed by atoms with Crippen molar-refractivity contribution in [3.05, 3.63) is 209 Å². The van der Waals surface area contributed by atoms with Gasteiger partial charge in [-0.2, -0.15) is 0 Å². The van der Waals surface area contributed by atoms with Crippen molar-refractivity contribution in [1.82, 2.24) is 0 Å². The quantitative estimate of drug-likeness (QED) is 0.133. The average Bonchev–Trinajstić information content (AvgIpc) is 4.01. The minimum atomic E-state index is -0.968. The van der Waals surface area contributed by atoms with Crippen molar-refractivity contribution in [1.29, 1.82) is 0 Å². The molecule has 80 heavy (non-hydrogen) atoms. The third kappa shape index (κ3) is 13.4. The topological polar surface area (TPSA) is 37.0 Å². The van der Waals surface area contributed by atoms with Crippen molar-refractivity contribution >= 4 is 61.8 Å². The molecule has 7 aromatic carbocycles. The van der Waals surface area contributed by atoms with Gasteiger partial charge in [0, 0.05) is 40.2 Å². The summed E-state index contributed by atoms with van der Waals surface area (Å²) in [6.07, 6.45) is 0. The van der Waals surface area contributed by atoms with Crippen LogP contribution in [0.1, 0.15) is 146 Å². The maximum atomic E-state index is 7.19. The third-order valence-corrected chi connectivity index (χ3v) is 21.2. The Kier molecular flexibility index (Phi) is 20.0. The fraction of sp³-hybridized carbons (Fsp3) is 0.408. The van der Waals surface area contributed by atoms with Crippen LogP contribution in [0.5, 0.6) is 0 Å². The highest BCUT2D eigenvalue weighted by molar-refractivity contribution is 7.86. The summed E-state index contributed by atoms with van der Waals surface area (Å²) in [4.78, 5) is 0. The van der Waals surface area contributed by atoms with Gasteiger partial charge in [-0.1, -0.05) is 137 Å². The highest BCUT2D eigenvalue weighted by Crippen LogP contribution is 2.63. The molecule has 2 heterocycles. The van der Waals surface area contributed by atoms with Crippen molar-refractivity contribution in [2.24, 2.45) is 0 Å². The maximum Gasteiger partial charge on any atom is 0.198 e. The normalized spacial score (nSPS) is 18.9. The summed E-state index contributed by atoms with van der Waals surface area (Å²) in [6.45, 7) is 51.2. The van der Waals surface area contributed by atoms with Crippen LogP contribution in [0.3, 0.4) is 0 Å². The number of hydrogen-bond donors (Lipinski definition) is 2. The molecule has 6 nitrogen and oxygen atoms in total. The van der Waals surface area contributed by atoms with Crippen LogP contribution in [0, 0.1) is 125 Å². The number of benzene rings is 7. The molecule has 5 unspecified atom stereocenters. The summed E-state index contributed by atoms with van der Waals surface area (Å²) >= 11 is 7.19. The van der Waals surface area contributed by atoms with Gasteiger partial charge in [0.05, 0.1) is 39.1 Å². The summed E-state index contributed by atoms with van der Waals surface area (Å²) in [5.41, 5.74) is 33.1. The zero-order valence-corrected chi connectivity index (χ0v) is 55.5. The maximum absolute atomic E-state index is 7.19. The van der Waals surface area contributed by atoms with E-state index < -0.39 is 7.58 Å². The third-order valence-electron chi connectivity index (χ3n) is 16.7. The van der Waals surface area contributed by atoms with E-state index in [0.717, 1.165) is 0 Å². The Labute approximate surface area is 492 Å². The number of rotatable bonds is 10. The number of halogens is 1. The first-order chi connectivity index (χ1) is 37.6. The first-order valence-electron chi connectivity index (χ1n) is 29.0. The van der Waals surface area contributed by atoms with Gasteiger partial charge in [-0.05, 0) is 243 Å². The second-order valence-corrected chi connectivity index (χ2v) is 27.6. The summed E-state index contributed by atoms with van der Waals surface area (Å²) in [5.74, 6) is 0. The highest BCUT2D eigenvalue weighted by Gasteiger charge is 2.45. The zero-order chi connectivity index (χ0) is 58.9. The molecule has 2 N–H and O–H groups in total. The molecule has 0 aromatic heterocycles. The Morgan fingerprint density at radius 3 is 0.938 bits per heavy atom. The van der Waals surface area contributed by atoms with E-state index in [2.05, 4.69) is 292 Å². The minimum Gasteiger partial charge on any atom is -0.380 e. The number of nitrogens with one attached hydrogen (secondary N) is 2. The van der Waals surface area contributed by atoms with Gasteiger partial charge < -0.3 is 29.3 Å². The van der Waals surface area contributed by atoms with Crippen LogP contribution in [0.15, 0.2) is 103 Å².